The van der Waals surface area contributed by atoms with Crippen LogP contribution in [0, 0.1) is 12.8 Å². The molecule has 0 unspecified atom stereocenters. The molecule has 1 aliphatic rings. The molecule has 1 aromatic carbocycles. The first-order valence-corrected chi connectivity index (χ1v) is 7.22. The lowest BCUT2D eigenvalue weighted by molar-refractivity contribution is 0.373. The molecule has 0 amide bonds. The van der Waals surface area contributed by atoms with Crippen LogP contribution in [0.2, 0.25) is 0 Å². The van der Waals surface area contributed by atoms with Gasteiger partial charge in [-0.3, -0.25) is 0 Å². The third-order valence-corrected chi connectivity index (χ3v) is 4.05. The molecule has 98 valence electrons. The van der Waals surface area contributed by atoms with Crippen molar-refractivity contribution in [3.8, 4) is 0 Å². The topological polar surface area (TPSA) is 38.0 Å². The van der Waals surface area contributed by atoms with Crippen LogP contribution in [0.25, 0.3) is 0 Å². The fraction of sp³-hybridized carbons (Fsp3) is 0.533. The van der Waals surface area contributed by atoms with Crippen molar-refractivity contribution in [3.63, 3.8) is 0 Å². The number of nitrogens with two attached hydrogens (primary N) is 1. The minimum Gasteiger partial charge on any atom is -0.389 e. The number of para-hydroxylation sites is 1. The highest BCUT2D eigenvalue weighted by molar-refractivity contribution is 7.80. The van der Waals surface area contributed by atoms with E-state index in [0.717, 1.165) is 23.7 Å². The van der Waals surface area contributed by atoms with Gasteiger partial charge in [-0.15, -0.1) is 0 Å². The van der Waals surface area contributed by atoms with Crippen molar-refractivity contribution in [1.29, 1.82) is 0 Å². The molecule has 0 bridgehead atoms. The first-order chi connectivity index (χ1) is 8.68. The summed E-state index contributed by atoms with van der Waals surface area (Å²) in [5.41, 5.74) is 9.10. The Hall–Kier alpha value is -1.09. The van der Waals surface area contributed by atoms with Gasteiger partial charge in [-0.2, -0.15) is 0 Å². The summed E-state index contributed by atoms with van der Waals surface area (Å²) in [6.07, 6.45) is 6.85. The molecule has 0 heterocycles. The van der Waals surface area contributed by atoms with E-state index >= 15 is 0 Å². The van der Waals surface area contributed by atoms with Crippen LogP contribution in [0.15, 0.2) is 18.2 Å². The third kappa shape index (κ3) is 3.22. The van der Waals surface area contributed by atoms with Crippen molar-refractivity contribution in [1.82, 2.24) is 0 Å². The van der Waals surface area contributed by atoms with Gasteiger partial charge in [-0.1, -0.05) is 43.6 Å². The molecule has 0 saturated heterocycles. The van der Waals surface area contributed by atoms with Crippen LogP contribution in [-0.4, -0.2) is 11.5 Å². The van der Waals surface area contributed by atoms with E-state index in [1.165, 1.54) is 37.7 Å². The molecule has 3 N–H and O–H groups in total. The van der Waals surface area contributed by atoms with Gasteiger partial charge in [0.25, 0.3) is 0 Å². The van der Waals surface area contributed by atoms with E-state index in [9.17, 15) is 0 Å². The molecule has 2 nitrogen and oxygen atoms in total. The molecule has 0 aromatic heterocycles. The largest absolute Gasteiger partial charge is 0.389 e. The lowest BCUT2D eigenvalue weighted by atomic mass is 9.89. The van der Waals surface area contributed by atoms with E-state index in [-0.39, 0.29) is 0 Å². The summed E-state index contributed by atoms with van der Waals surface area (Å²) in [6.45, 7) is 3.14. The second kappa shape index (κ2) is 6.19. The Kier molecular flexibility index (Phi) is 4.59. The maximum absolute atomic E-state index is 5.78. The summed E-state index contributed by atoms with van der Waals surface area (Å²) in [4.78, 5) is 0.477. The Bertz CT molecular complexity index is 423. The lowest BCUT2D eigenvalue weighted by Crippen LogP contribution is -2.20. The Morgan fingerprint density at radius 1 is 1.33 bits per heavy atom. The maximum atomic E-state index is 5.78. The number of thiocarbonyl (C=S) groups is 1. The Morgan fingerprint density at radius 2 is 2.06 bits per heavy atom. The van der Waals surface area contributed by atoms with Crippen molar-refractivity contribution >= 4 is 22.9 Å². The summed E-state index contributed by atoms with van der Waals surface area (Å²) >= 11 is 5.12. The van der Waals surface area contributed by atoms with Gasteiger partial charge in [-0.25, -0.2) is 0 Å². The van der Waals surface area contributed by atoms with Crippen LogP contribution in [0.1, 0.15) is 43.2 Å². The van der Waals surface area contributed by atoms with Crippen molar-refractivity contribution in [2.75, 3.05) is 11.9 Å². The number of nitrogens with one attached hydrogen (secondary N) is 1. The molecule has 0 radical (unpaired) electrons. The number of anilines is 1. The van der Waals surface area contributed by atoms with Gasteiger partial charge >= 0.3 is 0 Å². The Labute approximate surface area is 115 Å². The molecule has 1 aromatic rings. The highest BCUT2D eigenvalue weighted by atomic mass is 32.1. The lowest BCUT2D eigenvalue weighted by Gasteiger charge is -2.23. The molecular formula is C15H22N2S. The first kappa shape index (κ1) is 13.3. The summed E-state index contributed by atoms with van der Waals surface area (Å²) < 4.78 is 0. The molecule has 0 spiro atoms. The Morgan fingerprint density at radius 3 is 2.72 bits per heavy atom. The molecule has 3 heteroatoms. The van der Waals surface area contributed by atoms with Crippen LogP contribution >= 0.6 is 12.2 Å². The normalized spacial score (nSPS) is 16.5. The van der Waals surface area contributed by atoms with Crippen molar-refractivity contribution in [2.45, 2.75) is 39.0 Å². The maximum Gasteiger partial charge on any atom is 0.106 e. The van der Waals surface area contributed by atoms with E-state index in [0.29, 0.717) is 4.99 Å². The summed E-state index contributed by atoms with van der Waals surface area (Å²) in [5.74, 6) is 0.803. The van der Waals surface area contributed by atoms with Crippen LogP contribution in [0.5, 0.6) is 0 Å². The third-order valence-electron chi connectivity index (χ3n) is 3.83. The highest BCUT2D eigenvalue weighted by Crippen LogP contribution is 2.26. The van der Waals surface area contributed by atoms with Crippen molar-refractivity contribution < 1.29 is 0 Å². The van der Waals surface area contributed by atoms with Crippen LogP contribution in [-0.2, 0) is 0 Å². The molecule has 0 aliphatic heterocycles. The predicted molar refractivity (Wildman–Crippen MR) is 82.1 cm³/mol. The zero-order valence-electron chi connectivity index (χ0n) is 11.0. The summed E-state index contributed by atoms with van der Waals surface area (Å²) in [7, 11) is 0. The van der Waals surface area contributed by atoms with E-state index in [1.807, 2.05) is 12.1 Å². The standard InChI is InChI=1S/C15H22N2S/c1-11-6-5-9-13(15(16)18)14(11)17-10-12-7-3-2-4-8-12/h5-6,9,12,17H,2-4,7-8,10H2,1H3,(H2,16,18). The quantitative estimate of drug-likeness (QED) is 0.814. The van der Waals surface area contributed by atoms with Crippen LogP contribution in [0.3, 0.4) is 0 Å². The van der Waals surface area contributed by atoms with E-state index in [1.54, 1.807) is 0 Å². The van der Waals surface area contributed by atoms with E-state index in [4.69, 9.17) is 18.0 Å². The van der Waals surface area contributed by atoms with Gasteiger partial charge in [0.15, 0.2) is 0 Å². The predicted octanol–water partition coefficient (Wildman–Crippen LogP) is 3.62. The molecule has 1 aliphatic carbocycles. The van der Waals surface area contributed by atoms with Crippen molar-refractivity contribution in [3.05, 3.63) is 29.3 Å². The van der Waals surface area contributed by atoms with E-state index < -0.39 is 0 Å². The number of hydrogen-bond donors (Lipinski definition) is 2. The van der Waals surface area contributed by atoms with Crippen molar-refractivity contribution in [2.24, 2.45) is 11.7 Å². The average Bonchev–Trinajstić information content (AvgIpc) is 2.38. The number of hydrogen-bond acceptors (Lipinski definition) is 2. The summed E-state index contributed by atoms with van der Waals surface area (Å²) in [6, 6.07) is 6.11. The fourth-order valence-electron chi connectivity index (χ4n) is 2.75. The molecule has 1 fully saturated rings. The SMILES string of the molecule is Cc1cccc(C(N)=S)c1NCC1CCCCC1. The molecular weight excluding hydrogens is 240 g/mol. The second-order valence-electron chi connectivity index (χ2n) is 5.25. The van der Waals surface area contributed by atoms with Gasteiger partial charge in [0, 0.05) is 17.8 Å². The molecule has 18 heavy (non-hydrogen) atoms. The molecule has 0 atom stereocenters. The van der Waals surface area contributed by atoms with Gasteiger partial charge in [0.05, 0.1) is 0 Å². The minimum absolute atomic E-state index is 0.477. The van der Waals surface area contributed by atoms with Gasteiger partial charge in [0.1, 0.15) is 4.99 Å². The van der Waals surface area contributed by atoms with Gasteiger partial charge in [-0.05, 0) is 37.3 Å². The van der Waals surface area contributed by atoms with Gasteiger partial charge in [0.2, 0.25) is 0 Å². The smallest absolute Gasteiger partial charge is 0.106 e. The summed E-state index contributed by atoms with van der Waals surface area (Å²) in [5, 5.41) is 3.57. The first-order valence-electron chi connectivity index (χ1n) is 6.82. The highest BCUT2D eigenvalue weighted by Gasteiger charge is 2.14. The second-order valence-corrected chi connectivity index (χ2v) is 5.69. The number of aryl methyl sites for hydroxylation is 1. The minimum atomic E-state index is 0.477. The number of rotatable bonds is 4. The zero-order valence-corrected chi connectivity index (χ0v) is 11.9. The monoisotopic (exact) mass is 262 g/mol. The van der Waals surface area contributed by atoms with Gasteiger partial charge < -0.3 is 11.1 Å². The molecule has 2 rings (SSSR count). The van der Waals surface area contributed by atoms with Crippen LogP contribution in [0.4, 0.5) is 5.69 Å². The van der Waals surface area contributed by atoms with E-state index in [2.05, 4.69) is 18.3 Å². The fourth-order valence-corrected chi connectivity index (χ4v) is 2.92. The average molecular weight is 262 g/mol. The number of benzene rings is 1. The Balaban J connectivity index is 2.05. The molecule has 1 saturated carbocycles. The van der Waals surface area contributed by atoms with Crippen LogP contribution < -0.4 is 11.1 Å². The zero-order chi connectivity index (χ0) is 13.0.